The van der Waals surface area contributed by atoms with Crippen LogP contribution in [0.25, 0.3) is 5.57 Å². The summed E-state index contributed by atoms with van der Waals surface area (Å²) in [5, 5.41) is 0. The lowest BCUT2D eigenvalue weighted by Crippen LogP contribution is -2.28. The third-order valence-electron chi connectivity index (χ3n) is 2.85. The molecule has 0 spiro atoms. The summed E-state index contributed by atoms with van der Waals surface area (Å²) >= 11 is 0. The van der Waals surface area contributed by atoms with E-state index in [4.69, 9.17) is 0 Å². The van der Waals surface area contributed by atoms with Gasteiger partial charge in [0.05, 0.1) is 7.11 Å². The van der Waals surface area contributed by atoms with Crippen molar-refractivity contribution >= 4 is 17.3 Å². The molecule has 1 aromatic carbocycles. The fourth-order valence-electron chi connectivity index (χ4n) is 1.87. The van der Waals surface area contributed by atoms with E-state index in [2.05, 4.69) is 4.74 Å². The summed E-state index contributed by atoms with van der Waals surface area (Å²) in [7, 11) is 1.29. The minimum Gasteiger partial charge on any atom is -0.468 e. The third-order valence-corrected chi connectivity index (χ3v) is 2.85. The number of hydrogen-bond donors (Lipinski definition) is 0. The number of ketones is 1. The molecule has 0 aliphatic heterocycles. The van der Waals surface area contributed by atoms with Gasteiger partial charge in [-0.1, -0.05) is 30.3 Å². The number of benzene rings is 1. The van der Waals surface area contributed by atoms with Gasteiger partial charge in [-0.25, -0.2) is 0 Å². The highest BCUT2D eigenvalue weighted by molar-refractivity contribution is 6.24. The lowest BCUT2D eigenvalue weighted by atomic mass is 9.92. The smallest absolute Gasteiger partial charge is 0.327 e. The van der Waals surface area contributed by atoms with E-state index in [-0.39, 0.29) is 5.78 Å². The molecule has 0 fully saturated rings. The molecule has 0 amide bonds. The van der Waals surface area contributed by atoms with Crippen LogP contribution in [0.4, 0.5) is 0 Å². The molecule has 3 heteroatoms. The SMILES string of the molecule is COC(=O)C1(C(C)=O)C=C1c1ccccc1. The van der Waals surface area contributed by atoms with Gasteiger partial charge in [0.25, 0.3) is 0 Å². The molecule has 1 atom stereocenters. The monoisotopic (exact) mass is 216 g/mol. The Morgan fingerprint density at radius 1 is 1.19 bits per heavy atom. The van der Waals surface area contributed by atoms with Crippen molar-refractivity contribution in [3.8, 4) is 0 Å². The van der Waals surface area contributed by atoms with Crippen molar-refractivity contribution in [1.82, 2.24) is 0 Å². The standard InChI is InChI=1S/C13H12O3/c1-9(14)13(12(15)16-2)8-11(13)10-6-4-3-5-7-10/h3-8H,1-2H3. The van der Waals surface area contributed by atoms with Gasteiger partial charge in [0, 0.05) is 0 Å². The van der Waals surface area contributed by atoms with Crippen molar-refractivity contribution in [2.24, 2.45) is 5.41 Å². The molecule has 0 saturated heterocycles. The number of hydrogen-bond acceptors (Lipinski definition) is 3. The molecule has 0 saturated carbocycles. The zero-order chi connectivity index (χ0) is 11.8. The summed E-state index contributed by atoms with van der Waals surface area (Å²) in [6.45, 7) is 1.41. The predicted molar refractivity (Wildman–Crippen MR) is 59.5 cm³/mol. The van der Waals surface area contributed by atoms with Crippen molar-refractivity contribution in [1.29, 1.82) is 0 Å². The van der Waals surface area contributed by atoms with Gasteiger partial charge in [-0.15, -0.1) is 0 Å². The first-order chi connectivity index (χ1) is 7.63. The molecule has 3 nitrogen and oxygen atoms in total. The summed E-state index contributed by atoms with van der Waals surface area (Å²) in [6.07, 6.45) is 1.66. The van der Waals surface area contributed by atoms with Gasteiger partial charge in [-0.05, 0) is 24.1 Å². The number of esters is 1. The fourth-order valence-corrected chi connectivity index (χ4v) is 1.87. The zero-order valence-corrected chi connectivity index (χ0v) is 9.19. The van der Waals surface area contributed by atoms with Crippen LogP contribution in [0, 0.1) is 5.41 Å². The Balaban J connectivity index is 2.33. The number of ether oxygens (including phenoxy) is 1. The Hall–Kier alpha value is -1.90. The van der Waals surface area contributed by atoms with Gasteiger partial charge in [0.2, 0.25) is 0 Å². The number of carbonyl (C=O) groups excluding carboxylic acids is 2. The average Bonchev–Trinajstić information content (AvgIpc) is 3.06. The highest BCUT2D eigenvalue weighted by Crippen LogP contribution is 2.52. The van der Waals surface area contributed by atoms with Crippen molar-refractivity contribution in [2.45, 2.75) is 6.92 Å². The van der Waals surface area contributed by atoms with Crippen LogP contribution in [0.1, 0.15) is 12.5 Å². The molecule has 82 valence electrons. The van der Waals surface area contributed by atoms with E-state index in [1.54, 1.807) is 6.08 Å². The Kier molecular flexibility index (Phi) is 2.38. The molecular formula is C13H12O3. The van der Waals surface area contributed by atoms with Crippen LogP contribution in [0.3, 0.4) is 0 Å². The van der Waals surface area contributed by atoms with Crippen LogP contribution < -0.4 is 0 Å². The minimum atomic E-state index is -1.13. The first-order valence-electron chi connectivity index (χ1n) is 5.01. The van der Waals surface area contributed by atoms with Crippen molar-refractivity contribution in [2.75, 3.05) is 7.11 Å². The van der Waals surface area contributed by atoms with Gasteiger partial charge in [0.15, 0.2) is 11.2 Å². The van der Waals surface area contributed by atoms with Gasteiger partial charge >= 0.3 is 5.97 Å². The molecule has 1 unspecified atom stereocenters. The van der Waals surface area contributed by atoms with Crippen LogP contribution in [0.5, 0.6) is 0 Å². The lowest BCUT2D eigenvalue weighted by molar-refractivity contribution is -0.148. The highest BCUT2D eigenvalue weighted by atomic mass is 16.5. The second kappa shape index (κ2) is 3.59. The Labute approximate surface area is 93.7 Å². The van der Waals surface area contributed by atoms with Crippen molar-refractivity contribution in [3.05, 3.63) is 42.0 Å². The number of rotatable bonds is 3. The number of Topliss-reactive ketones (excluding diaryl/α,β-unsaturated/α-hetero) is 1. The Bertz CT molecular complexity index is 473. The predicted octanol–water partition coefficient (Wildman–Crippen LogP) is 1.83. The first kappa shape index (κ1) is 10.6. The van der Waals surface area contributed by atoms with Gasteiger partial charge < -0.3 is 4.74 Å². The summed E-state index contributed by atoms with van der Waals surface area (Å²) in [5.74, 6) is -0.697. The molecule has 1 aliphatic rings. The van der Waals surface area contributed by atoms with Crippen LogP contribution in [0.2, 0.25) is 0 Å². The van der Waals surface area contributed by atoms with Crippen LogP contribution in [-0.4, -0.2) is 18.9 Å². The molecule has 16 heavy (non-hydrogen) atoms. The van der Waals surface area contributed by atoms with E-state index < -0.39 is 11.4 Å². The quantitative estimate of drug-likeness (QED) is 0.572. The molecule has 1 aliphatic carbocycles. The maximum absolute atomic E-state index is 11.6. The van der Waals surface area contributed by atoms with Crippen LogP contribution in [-0.2, 0) is 14.3 Å². The van der Waals surface area contributed by atoms with E-state index in [0.717, 1.165) is 11.1 Å². The molecule has 0 N–H and O–H groups in total. The van der Waals surface area contributed by atoms with Crippen LogP contribution >= 0.6 is 0 Å². The van der Waals surface area contributed by atoms with E-state index in [9.17, 15) is 9.59 Å². The third kappa shape index (κ3) is 1.36. The number of methoxy groups -OCH3 is 1. The topological polar surface area (TPSA) is 43.4 Å². The highest BCUT2D eigenvalue weighted by Gasteiger charge is 2.56. The summed E-state index contributed by atoms with van der Waals surface area (Å²) in [4.78, 5) is 23.2. The Morgan fingerprint density at radius 2 is 1.81 bits per heavy atom. The van der Waals surface area contributed by atoms with E-state index in [1.807, 2.05) is 30.3 Å². The van der Waals surface area contributed by atoms with Crippen LogP contribution in [0.15, 0.2) is 36.4 Å². The van der Waals surface area contributed by atoms with E-state index in [0.29, 0.717) is 0 Å². The van der Waals surface area contributed by atoms with E-state index >= 15 is 0 Å². The van der Waals surface area contributed by atoms with Crippen molar-refractivity contribution < 1.29 is 14.3 Å². The normalized spacial score (nSPS) is 22.2. The summed E-state index contributed by atoms with van der Waals surface area (Å²) in [6, 6.07) is 9.38. The largest absolute Gasteiger partial charge is 0.468 e. The lowest BCUT2D eigenvalue weighted by Gasteiger charge is -2.12. The molecule has 0 radical (unpaired) electrons. The van der Waals surface area contributed by atoms with Crippen molar-refractivity contribution in [3.63, 3.8) is 0 Å². The summed E-state index contributed by atoms with van der Waals surface area (Å²) < 4.78 is 4.68. The average molecular weight is 216 g/mol. The minimum absolute atomic E-state index is 0.196. The maximum Gasteiger partial charge on any atom is 0.327 e. The molecular weight excluding hydrogens is 204 g/mol. The summed E-state index contributed by atoms with van der Waals surface area (Å²) in [5.41, 5.74) is 0.506. The first-order valence-corrected chi connectivity index (χ1v) is 5.01. The number of carbonyl (C=O) groups is 2. The second-order valence-electron chi connectivity index (χ2n) is 3.78. The fraction of sp³-hybridized carbons (Fsp3) is 0.231. The van der Waals surface area contributed by atoms with E-state index in [1.165, 1.54) is 14.0 Å². The maximum atomic E-state index is 11.6. The molecule has 2 rings (SSSR count). The second-order valence-corrected chi connectivity index (χ2v) is 3.78. The Morgan fingerprint density at radius 3 is 2.31 bits per heavy atom. The van der Waals surface area contributed by atoms with Gasteiger partial charge in [-0.3, -0.25) is 9.59 Å². The molecule has 1 aromatic rings. The van der Waals surface area contributed by atoms with Gasteiger partial charge in [0.1, 0.15) is 0 Å². The molecule has 0 heterocycles. The van der Waals surface area contributed by atoms with Gasteiger partial charge in [-0.2, -0.15) is 0 Å². The molecule has 0 bridgehead atoms. The molecule has 0 aromatic heterocycles. The zero-order valence-electron chi connectivity index (χ0n) is 9.19.